The molecule has 0 radical (unpaired) electrons. The topological polar surface area (TPSA) is 52.0 Å². The number of halogens is 4. The summed E-state index contributed by atoms with van der Waals surface area (Å²) in [6.07, 6.45) is 0. The highest BCUT2D eigenvalue weighted by atomic mass is 19.2. The molecule has 0 aliphatic carbocycles. The highest BCUT2D eigenvalue weighted by Gasteiger charge is 2.25. The number of hydrogen-bond donors (Lipinski definition) is 2. The molecule has 0 saturated carbocycles. The molecule has 0 spiro atoms. The van der Waals surface area contributed by atoms with Crippen molar-refractivity contribution in [1.82, 2.24) is 0 Å². The summed E-state index contributed by atoms with van der Waals surface area (Å²) in [4.78, 5) is 0. The van der Waals surface area contributed by atoms with Gasteiger partial charge in [0.25, 0.3) is 0 Å². The highest BCUT2D eigenvalue weighted by Crippen LogP contribution is 2.35. The van der Waals surface area contributed by atoms with Crippen molar-refractivity contribution in [1.29, 1.82) is 0 Å². The average Bonchev–Trinajstić information content (AvgIpc) is 2.36. The summed E-state index contributed by atoms with van der Waals surface area (Å²) in [5, 5.41) is 0. The monoisotopic (exact) mass is 256 g/mol. The van der Waals surface area contributed by atoms with Gasteiger partial charge in [0.2, 0.25) is 0 Å². The van der Waals surface area contributed by atoms with Gasteiger partial charge >= 0.3 is 0 Å². The summed E-state index contributed by atoms with van der Waals surface area (Å²) in [5.74, 6) is -6.40. The van der Waals surface area contributed by atoms with E-state index >= 15 is 0 Å². The van der Waals surface area contributed by atoms with Crippen LogP contribution in [0.2, 0.25) is 0 Å². The minimum atomic E-state index is -1.63. The van der Waals surface area contributed by atoms with Crippen molar-refractivity contribution in [3.05, 3.63) is 47.5 Å². The number of para-hydroxylation sites is 1. The minimum Gasteiger partial charge on any atom is -0.398 e. The number of nitrogens with two attached hydrogens (primary N) is 2. The first kappa shape index (κ1) is 12.2. The second kappa shape index (κ2) is 4.21. The molecule has 94 valence electrons. The average molecular weight is 256 g/mol. The van der Waals surface area contributed by atoms with Crippen molar-refractivity contribution in [2.24, 2.45) is 0 Å². The molecule has 0 fully saturated rings. The molecular formula is C12H8F4N2. The smallest absolute Gasteiger partial charge is 0.185 e. The number of anilines is 2. The van der Waals surface area contributed by atoms with E-state index in [0.717, 1.165) is 0 Å². The molecule has 2 rings (SSSR count). The molecule has 0 atom stereocenters. The van der Waals surface area contributed by atoms with Crippen LogP contribution in [0.25, 0.3) is 11.1 Å². The van der Waals surface area contributed by atoms with Crippen molar-refractivity contribution >= 4 is 11.4 Å². The first-order valence-corrected chi connectivity index (χ1v) is 4.91. The zero-order chi connectivity index (χ0) is 13.4. The molecule has 2 nitrogen and oxygen atoms in total. The van der Waals surface area contributed by atoms with Crippen molar-refractivity contribution in [2.45, 2.75) is 0 Å². The fourth-order valence-corrected chi connectivity index (χ4v) is 1.61. The molecule has 0 unspecified atom stereocenters. The fourth-order valence-electron chi connectivity index (χ4n) is 1.61. The van der Waals surface area contributed by atoms with Crippen LogP contribution < -0.4 is 11.5 Å². The molecule has 0 amide bonds. The minimum absolute atomic E-state index is 0.00104. The number of rotatable bonds is 1. The lowest BCUT2D eigenvalue weighted by Crippen LogP contribution is -2.06. The Kier molecular flexibility index (Phi) is 2.86. The number of hydrogen-bond acceptors (Lipinski definition) is 2. The second-order valence-electron chi connectivity index (χ2n) is 3.63. The summed E-state index contributed by atoms with van der Waals surface area (Å²) < 4.78 is 53.9. The van der Waals surface area contributed by atoms with E-state index in [-0.39, 0.29) is 11.3 Å². The predicted octanol–water partition coefficient (Wildman–Crippen LogP) is 3.07. The zero-order valence-electron chi connectivity index (χ0n) is 8.98. The van der Waals surface area contributed by atoms with E-state index in [1.165, 1.54) is 24.3 Å². The molecular weight excluding hydrogens is 248 g/mol. The maximum Gasteiger partial charge on any atom is 0.185 e. The van der Waals surface area contributed by atoms with Crippen LogP contribution in [0.15, 0.2) is 24.3 Å². The van der Waals surface area contributed by atoms with Gasteiger partial charge in [0, 0.05) is 11.3 Å². The van der Waals surface area contributed by atoms with Crippen LogP contribution >= 0.6 is 0 Å². The van der Waals surface area contributed by atoms with Crippen molar-refractivity contribution in [3.8, 4) is 11.1 Å². The normalized spacial score (nSPS) is 10.7. The fraction of sp³-hybridized carbons (Fsp3) is 0. The first-order chi connectivity index (χ1) is 8.45. The van der Waals surface area contributed by atoms with E-state index in [1.54, 1.807) is 0 Å². The lowest BCUT2D eigenvalue weighted by atomic mass is 10.0. The summed E-state index contributed by atoms with van der Waals surface area (Å²) in [6, 6.07) is 5.58. The van der Waals surface area contributed by atoms with Gasteiger partial charge in [-0.15, -0.1) is 0 Å². The molecule has 0 saturated heterocycles. The Hall–Kier alpha value is -2.24. The second-order valence-corrected chi connectivity index (χ2v) is 3.63. The first-order valence-electron chi connectivity index (χ1n) is 4.91. The quantitative estimate of drug-likeness (QED) is 0.468. The van der Waals surface area contributed by atoms with Crippen LogP contribution in [0, 0.1) is 23.3 Å². The number of nitrogen functional groups attached to an aromatic ring is 2. The third-order valence-corrected chi connectivity index (χ3v) is 2.53. The van der Waals surface area contributed by atoms with Gasteiger partial charge in [-0.1, -0.05) is 18.2 Å². The summed E-state index contributed by atoms with van der Waals surface area (Å²) in [6.45, 7) is 0. The Labute approximate surface area is 99.8 Å². The molecule has 0 bridgehead atoms. The van der Waals surface area contributed by atoms with E-state index in [1.807, 2.05) is 0 Å². The number of benzene rings is 2. The van der Waals surface area contributed by atoms with Gasteiger partial charge < -0.3 is 11.5 Å². The van der Waals surface area contributed by atoms with Crippen LogP contribution in [0.1, 0.15) is 0 Å². The Morgan fingerprint density at radius 1 is 0.722 bits per heavy atom. The maximum absolute atomic E-state index is 13.7. The van der Waals surface area contributed by atoms with Crippen LogP contribution in [-0.4, -0.2) is 0 Å². The van der Waals surface area contributed by atoms with Gasteiger partial charge in [0.15, 0.2) is 23.3 Å². The third-order valence-electron chi connectivity index (χ3n) is 2.53. The molecule has 0 aromatic heterocycles. The van der Waals surface area contributed by atoms with Gasteiger partial charge in [-0.05, 0) is 6.07 Å². The summed E-state index contributed by atoms with van der Waals surface area (Å²) >= 11 is 0. The lowest BCUT2D eigenvalue weighted by Gasteiger charge is -2.11. The Bertz CT molecular complexity index is 597. The zero-order valence-corrected chi connectivity index (χ0v) is 8.98. The van der Waals surface area contributed by atoms with E-state index in [4.69, 9.17) is 11.5 Å². The van der Waals surface area contributed by atoms with Gasteiger partial charge in [-0.3, -0.25) is 0 Å². The van der Waals surface area contributed by atoms with Gasteiger partial charge in [0.05, 0.1) is 5.56 Å². The van der Waals surface area contributed by atoms with Crippen LogP contribution in [0.5, 0.6) is 0 Å². The van der Waals surface area contributed by atoms with Gasteiger partial charge in [-0.25, -0.2) is 17.6 Å². The SMILES string of the molecule is Nc1ccccc1-c1c(F)c(F)c(N)c(F)c1F. The van der Waals surface area contributed by atoms with E-state index in [9.17, 15) is 17.6 Å². The molecule has 6 heteroatoms. The third kappa shape index (κ3) is 1.66. The molecule has 18 heavy (non-hydrogen) atoms. The van der Waals surface area contributed by atoms with Crippen LogP contribution in [-0.2, 0) is 0 Å². The van der Waals surface area contributed by atoms with Crippen molar-refractivity contribution in [3.63, 3.8) is 0 Å². The highest BCUT2D eigenvalue weighted by molar-refractivity contribution is 5.78. The molecule has 0 aliphatic rings. The Balaban J connectivity index is 2.85. The Morgan fingerprint density at radius 3 is 1.72 bits per heavy atom. The lowest BCUT2D eigenvalue weighted by molar-refractivity contribution is 0.464. The molecule has 2 aromatic carbocycles. The van der Waals surface area contributed by atoms with Crippen LogP contribution in [0.3, 0.4) is 0 Å². The molecule has 2 aromatic rings. The molecule has 4 N–H and O–H groups in total. The largest absolute Gasteiger partial charge is 0.398 e. The Morgan fingerprint density at radius 2 is 1.22 bits per heavy atom. The van der Waals surface area contributed by atoms with Crippen molar-refractivity contribution < 1.29 is 17.6 Å². The molecule has 0 aliphatic heterocycles. The predicted molar refractivity (Wildman–Crippen MR) is 60.5 cm³/mol. The standard InChI is InChI=1S/C12H8F4N2/c13-8-7(5-3-1-2-4-6(5)17)9(14)11(16)12(18)10(8)15/h1-4H,17-18H2. The maximum atomic E-state index is 13.7. The molecule has 0 heterocycles. The van der Waals surface area contributed by atoms with E-state index in [2.05, 4.69) is 0 Å². The summed E-state index contributed by atoms with van der Waals surface area (Å²) in [7, 11) is 0. The summed E-state index contributed by atoms with van der Waals surface area (Å²) in [5.41, 5.74) is 8.24. The van der Waals surface area contributed by atoms with Crippen molar-refractivity contribution in [2.75, 3.05) is 11.5 Å². The van der Waals surface area contributed by atoms with E-state index in [0.29, 0.717) is 0 Å². The van der Waals surface area contributed by atoms with Gasteiger partial charge in [-0.2, -0.15) is 0 Å². The van der Waals surface area contributed by atoms with Crippen LogP contribution in [0.4, 0.5) is 28.9 Å². The van der Waals surface area contributed by atoms with Gasteiger partial charge in [0.1, 0.15) is 5.69 Å². The van der Waals surface area contributed by atoms with E-state index < -0.39 is 34.5 Å².